The Bertz CT molecular complexity index is 309. The van der Waals surface area contributed by atoms with E-state index in [2.05, 4.69) is 22.7 Å². The van der Waals surface area contributed by atoms with Gasteiger partial charge in [0.2, 0.25) is 5.76 Å². The van der Waals surface area contributed by atoms with Crippen LogP contribution in [0.1, 0.15) is 29.5 Å². The van der Waals surface area contributed by atoms with Crippen LogP contribution >= 0.6 is 0 Å². The maximum Gasteiger partial charge on any atom is 0.290 e. The van der Waals surface area contributed by atoms with E-state index >= 15 is 0 Å². The molecule has 0 bridgehead atoms. The van der Waals surface area contributed by atoms with Crippen LogP contribution in [0, 0.1) is 6.92 Å². The van der Waals surface area contributed by atoms with Gasteiger partial charge in [-0.15, -0.1) is 0 Å². The van der Waals surface area contributed by atoms with Gasteiger partial charge in [-0.3, -0.25) is 4.79 Å². The van der Waals surface area contributed by atoms with Gasteiger partial charge >= 0.3 is 0 Å². The van der Waals surface area contributed by atoms with Crippen LogP contribution < -0.4 is 10.6 Å². The summed E-state index contributed by atoms with van der Waals surface area (Å²) in [5.41, 5.74) is 0.763. The molecule has 0 unspecified atom stereocenters. The zero-order chi connectivity index (χ0) is 11.1. The molecule has 84 valence electrons. The fraction of sp³-hybridized carbons (Fsp3) is 0.600. The molecule has 0 atom stereocenters. The summed E-state index contributed by atoms with van der Waals surface area (Å²) in [4.78, 5) is 11.5. The molecule has 0 radical (unpaired) electrons. The van der Waals surface area contributed by atoms with E-state index in [-0.39, 0.29) is 5.91 Å². The Morgan fingerprint density at radius 3 is 2.93 bits per heavy atom. The maximum atomic E-state index is 11.5. The van der Waals surface area contributed by atoms with Crippen molar-refractivity contribution in [2.24, 2.45) is 0 Å². The number of aromatic nitrogens is 1. The van der Waals surface area contributed by atoms with Crippen LogP contribution in [0.25, 0.3) is 0 Å². The third kappa shape index (κ3) is 3.71. The van der Waals surface area contributed by atoms with Gasteiger partial charge in [-0.05, 0) is 26.4 Å². The molecule has 0 aliphatic heterocycles. The molecule has 1 heterocycles. The minimum atomic E-state index is -0.193. The fourth-order valence-corrected chi connectivity index (χ4v) is 1.18. The number of carbonyl (C=O) groups excluding carboxylic acids is 1. The average Bonchev–Trinajstić information content (AvgIpc) is 2.64. The van der Waals surface area contributed by atoms with E-state index in [1.54, 1.807) is 6.92 Å². The van der Waals surface area contributed by atoms with E-state index in [0.717, 1.165) is 25.1 Å². The van der Waals surface area contributed by atoms with E-state index in [4.69, 9.17) is 4.52 Å². The van der Waals surface area contributed by atoms with Crippen molar-refractivity contribution in [1.82, 2.24) is 15.8 Å². The lowest BCUT2D eigenvalue weighted by atomic mass is 10.3. The van der Waals surface area contributed by atoms with Crippen molar-refractivity contribution >= 4 is 5.91 Å². The molecule has 15 heavy (non-hydrogen) atoms. The normalized spacial score (nSPS) is 10.3. The molecule has 0 aliphatic rings. The lowest BCUT2D eigenvalue weighted by molar-refractivity contribution is 0.0915. The maximum absolute atomic E-state index is 11.5. The van der Waals surface area contributed by atoms with Crippen LogP contribution in [0.15, 0.2) is 10.7 Å². The Balaban J connectivity index is 2.22. The highest BCUT2D eigenvalue weighted by molar-refractivity contribution is 5.92. The van der Waals surface area contributed by atoms with Gasteiger partial charge in [0.15, 0.2) is 0 Å². The Morgan fingerprint density at radius 1 is 1.53 bits per heavy atom. The second-order valence-corrected chi connectivity index (χ2v) is 3.30. The first kappa shape index (κ1) is 11.7. The van der Waals surface area contributed by atoms with E-state index in [1.165, 1.54) is 6.20 Å². The van der Waals surface area contributed by atoms with Crippen LogP contribution in [-0.4, -0.2) is 30.7 Å². The Morgan fingerprint density at radius 2 is 2.33 bits per heavy atom. The lowest BCUT2D eigenvalue weighted by Gasteiger charge is -2.03. The summed E-state index contributed by atoms with van der Waals surface area (Å²) in [5, 5.41) is 9.51. The molecule has 1 amide bonds. The van der Waals surface area contributed by atoms with Crippen molar-refractivity contribution in [3.63, 3.8) is 0 Å². The van der Waals surface area contributed by atoms with Crippen LogP contribution in [-0.2, 0) is 0 Å². The molecular formula is C10H17N3O2. The first-order valence-corrected chi connectivity index (χ1v) is 5.16. The van der Waals surface area contributed by atoms with Gasteiger partial charge < -0.3 is 15.2 Å². The van der Waals surface area contributed by atoms with Gasteiger partial charge in [-0.25, -0.2) is 0 Å². The van der Waals surface area contributed by atoms with E-state index in [1.807, 2.05) is 0 Å². The largest absolute Gasteiger partial charge is 0.351 e. The number of nitrogens with one attached hydrogen (secondary N) is 2. The first-order valence-electron chi connectivity index (χ1n) is 5.16. The third-order valence-corrected chi connectivity index (χ3v) is 2.02. The highest BCUT2D eigenvalue weighted by Gasteiger charge is 2.12. The Hall–Kier alpha value is -1.36. The molecule has 2 N–H and O–H groups in total. The van der Waals surface area contributed by atoms with Crippen molar-refractivity contribution in [3.05, 3.63) is 17.5 Å². The van der Waals surface area contributed by atoms with Crippen LogP contribution in [0.4, 0.5) is 0 Å². The van der Waals surface area contributed by atoms with E-state index in [0.29, 0.717) is 12.3 Å². The topological polar surface area (TPSA) is 67.2 Å². The third-order valence-electron chi connectivity index (χ3n) is 2.02. The monoisotopic (exact) mass is 211 g/mol. The van der Waals surface area contributed by atoms with Crippen molar-refractivity contribution in [3.8, 4) is 0 Å². The molecular weight excluding hydrogens is 194 g/mol. The van der Waals surface area contributed by atoms with Crippen molar-refractivity contribution < 1.29 is 9.32 Å². The standard InChI is InChI=1S/C10H17N3O2/c1-3-11-5-4-6-12-10(14)9-8(2)7-13-15-9/h7,11H,3-6H2,1-2H3,(H,12,14). The predicted molar refractivity (Wildman–Crippen MR) is 56.7 cm³/mol. The molecule has 1 aromatic rings. The SMILES string of the molecule is CCNCCCNC(=O)c1oncc1C. The van der Waals surface area contributed by atoms with Crippen molar-refractivity contribution in [1.29, 1.82) is 0 Å². The highest BCUT2D eigenvalue weighted by Crippen LogP contribution is 2.04. The molecule has 0 saturated heterocycles. The summed E-state index contributed by atoms with van der Waals surface area (Å²) >= 11 is 0. The van der Waals surface area contributed by atoms with Crippen LogP contribution in [0.5, 0.6) is 0 Å². The number of hydrogen-bond donors (Lipinski definition) is 2. The second kappa shape index (κ2) is 6.19. The summed E-state index contributed by atoms with van der Waals surface area (Å²) in [6, 6.07) is 0. The zero-order valence-electron chi connectivity index (χ0n) is 9.17. The number of carbonyl (C=O) groups is 1. The predicted octanol–water partition coefficient (Wildman–Crippen LogP) is 0.712. The molecule has 1 rings (SSSR count). The minimum absolute atomic E-state index is 0.193. The number of amides is 1. The summed E-state index contributed by atoms with van der Waals surface area (Å²) in [7, 11) is 0. The van der Waals surface area contributed by atoms with Gasteiger partial charge in [0.05, 0.1) is 6.20 Å². The summed E-state index contributed by atoms with van der Waals surface area (Å²) < 4.78 is 4.83. The smallest absolute Gasteiger partial charge is 0.290 e. The van der Waals surface area contributed by atoms with Crippen molar-refractivity contribution in [2.45, 2.75) is 20.3 Å². The molecule has 5 nitrogen and oxygen atoms in total. The van der Waals surface area contributed by atoms with Crippen LogP contribution in [0.3, 0.4) is 0 Å². The Labute approximate surface area is 89.2 Å². The van der Waals surface area contributed by atoms with E-state index in [9.17, 15) is 4.79 Å². The molecule has 0 aliphatic carbocycles. The molecule has 0 saturated carbocycles. The molecule has 0 fully saturated rings. The number of hydrogen-bond acceptors (Lipinski definition) is 4. The minimum Gasteiger partial charge on any atom is -0.351 e. The summed E-state index contributed by atoms with van der Waals surface area (Å²) in [6.07, 6.45) is 2.44. The highest BCUT2D eigenvalue weighted by atomic mass is 16.5. The lowest BCUT2D eigenvalue weighted by Crippen LogP contribution is -2.27. The fourth-order valence-electron chi connectivity index (χ4n) is 1.18. The summed E-state index contributed by atoms with van der Waals surface area (Å²) in [6.45, 7) is 6.35. The molecule has 0 spiro atoms. The average molecular weight is 211 g/mol. The summed E-state index contributed by atoms with van der Waals surface area (Å²) in [5.74, 6) is 0.111. The zero-order valence-corrected chi connectivity index (χ0v) is 9.17. The van der Waals surface area contributed by atoms with E-state index < -0.39 is 0 Å². The quantitative estimate of drug-likeness (QED) is 0.680. The van der Waals surface area contributed by atoms with Crippen LogP contribution in [0.2, 0.25) is 0 Å². The number of rotatable bonds is 6. The van der Waals surface area contributed by atoms with Gasteiger partial charge in [0, 0.05) is 12.1 Å². The van der Waals surface area contributed by atoms with Gasteiger partial charge in [0.25, 0.3) is 5.91 Å². The van der Waals surface area contributed by atoms with Crippen molar-refractivity contribution in [2.75, 3.05) is 19.6 Å². The molecule has 1 aromatic heterocycles. The second-order valence-electron chi connectivity index (χ2n) is 3.30. The molecule has 0 aromatic carbocycles. The molecule has 5 heteroatoms. The number of aryl methyl sites for hydroxylation is 1. The van der Waals surface area contributed by atoms with Gasteiger partial charge in [-0.2, -0.15) is 0 Å². The van der Waals surface area contributed by atoms with Gasteiger partial charge in [0.1, 0.15) is 0 Å². The Kier molecular flexibility index (Phi) is 4.83. The van der Waals surface area contributed by atoms with Gasteiger partial charge in [-0.1, -0.05) is 12.1 Å². The first-order chi connectivity index (χ1) is 7.25. The number of nitrogens with zero attached hydrogens (tertiary/aromatic N) is 1.